The monoisotopic (exact) mass is 158 g/mol. The summed E-state index contributed by atoms with van der Waals surface area (Å²) in [6.07, 6.45) is 4.29. The van der Waals surface area contributed by atoms with Crippen molar-refractivity contribution in [3.8, 4) is 0 Å². The topological polar surface area (TPSA) is 49.7 Å². The Kier molecular flexibility index (Phi) is 5.07. The van der Waals surface area contributed by atoms with Crippen LogP contribution in [0, 0.1) is 0 Å². The van der Waals surface area contributed by atoms with Crippen molar-refractivity contribution in [1.29, 1.82) is 0 Å². The molecule has 0 amide bonds. The van der Waals surface area contributed by atoms with Crippen LogP contribution in [0.1, 0.15) is 26.7 Å². The van der Waals surface area contributed by atoms with Gasteiger partial charge in [-0.25, -0.2) is 0 Å². The molecule has 0 aliphatic rings. The highest BCUT2D eigenvalue weighted by Crippen LogP contribution is 2.01. The third-order valence-corrected chi connectivity index (χ3v) is 0.967. The van der Waals surface area contributed by atoms with Crippen LogP contribution in [0.25, 0.3) is 0 Å². The molecule has 0 saturated heterocycles. The maximum absolute atomic E-state index is 8.88. The summed E-state index contributed by atoms with van der Waals surface area (Å²) in [7, 11) is 0. The summed E-state index contributed by atoms with van der Waals surface area (Å²) in [5.41, 5.74) is 0. The van der Waals surface area contributed by atoms with Gasteiger partial charge < -0.3 is 14.9 Å². The third-order valence-electron chi connectivity index (χ3n) is 0.967. The van der Waals surface area contributed by atoms with Crippen LogP contribution in [-0.4, -0.2) is 10.2 Å². The van der Waals surface area contributed by atoms with Crippen LogP contribution < -0.4 is 0 Å². The van der Waals surface area contributed by atoms with Crippen molar-refractivity contribution in [3.63, 3.8) is 0 Å². The summed E-state index contributed by atoms with van der Waals surface area (Å²) in [4.78, 5) is 0. The van der Waals surface area contributed by atoms with Crippen LogP contribution in [0.3, 0.4) is 0 Å². The third kappa shape index (κ3) is 5.33. The van der Waals surface area contributed by atoms with E-state index in [9.17, 15) is 0 Å². The molecule has 64 valence electrons. The first-order chi connectivity index (χ1) is 5.20. The number of aliphatic hydroxyl groups excluding tert-OH is 2. The number of allylic oxidation sites excluding steroid dienone is 2. The molecule has 0 aromatic rings. The SMILES string of the molecule is CCC=C(O)OC(O)=CCC. The minimum Gasteiger partial charge on any atom is -0.481 e. The summed E-state index contributed by atoms with van der Waals surface area (Å²) in [6, 6.07) is 0. The van der Waals surface area contributed by atoms with Gasteiger partial charge in [-0.2, -0.15) is 0 Å². The van der Waals surface area contributed by atoms with Crippen LogP contribution >= 0.6 is 0 Å². The average molecular weight is 158 g/mol. The van der Waals surface area contributed by atoms with E-state index < -0.39 is 0 Å². The van der Waals surface area contributed by atoms with E-state index >= 15 is 0 Å². The molecule has 3 nitrogen and oxygen atoms in total. The van der Waals surface area contributed by atoms with Crippen LogP contribution in [0.4, 0.5) is 0 Å². The van der Waals surface area contributed by atoms with E-state index in [1.807, 2.05) is 13.8 Å². The lowest BCUT2D eigenvalue weighted by atomic mass is 10.4. The Bertz CT molecular complexity index is 141. The molecule has 0 aliphatic carbocycles. The smallest absolute Gasteiger partial charge is 0.280 e. The molecule has 0 aromatic heterocycles. The molecule has 0 aromatic carbocycles. The molecule has 0 radical (unpaired) electrons. The van der Waals surface area contributed by atoms with Gasteiger partial charge in [-0.15, -0.1) is 0 Å². The van der Waals surface area contributed by atoms with Crippen molar-refractivity contribution in [2.45, 2.75) is 26.7 Å². The molecule has 0 fully saturated rings. The quantitative estimate of drug-likeness (QED) is 0.618. The maximum Gasteiger partial charge on any atom is 0.280 e. The number of hydrogen-bond acceptors (Lipinski definition) is 3. The first kappa shape index (κ1) is 9.88. The van der Waals surface area contributed by atoms with Gasteiger partial charge in [0.15, 0.2) is 0 Å². The zero-order valence-electron chi connectivity index (χ0n) is 6.87. The fraction of sp³-hybridized carbons (Fsp3) is 0.500. The van der Waals surface area contributed by atoms with Gasteiger partial charge in [-0.3, -0.25) is 0 Å². The normalized spacial score (nSPS) is 13.3. The molecule has 3 heteroatoms. The van der Waals surface area contributed by atoms with E-state index in [0.717, 1.165) is 0 Å². The van der Waals surface area contributed by atoms with Crippen LogP contribution in [-0.2, 0) is 4.74 Å². The second-order valence-corrected chi connectivity index (χ2v) is 2.00. The van der Waals surface area contributed by atoms with Gasteiger partial charge >= 0.3 is 0 Å². The van der Waals surface area contributed by atoms with Crippen molar-refractivity contribution in [3.05, 3.63) is 24.0 Å². The predicted octanol–water partition coefficient (Wildman–Crippen LogP) is 2.62. The molecule has 0 atom stereocenters. The zero-order chi connectivity index (χ0) is 8.69. The molecule has 2 N–H and O–H groups in total. The Labute approximate surface area is 66.6 Å². The first-order valence-electron chi connectivity index (χ1n) is 3.66. The summed E-state index contributed by atoms with van der Waals surface area (Å²) in [5, 5.41) is 17.8. The van der Waals surface area contributed by atoms with Gasteiger partial charge in [0.1, 0.15) is 0 Å². The molecule has 0 unspecified atom stereocenters. The van der Waals surface area contributed by atoms with Gasteiger partial charge in [0.25, 0.3) is 11.9 Å². The molecular weight excluding hydrogens is 144 g/mol. The van der Waals surface area contributed by atoms with E-state index in [1.165, 1.54) is 12.2 Å². The zero-order valence-corrected chi connectivity index (χ0v) is 6.87. The molecule has 0 saturated carbocycles. The van der Waals surface area contributed by atoms with Crippen molar-refractivity contribution < 1.29 is 14.9 Å². The Morgan fingerprint density at radius 3 is 1.73 bits per heavy atom. The van der Waals surface area contributed by atoms with Gasteiger partial charge in [-0.05, 0) is 25.0 Å². The molecule has 0 spiro atoms. The lowest BCUT2D eigenvalue weighted by molar-refractivity contribution is 0.0664. The Hall–Kier alpha value is -1.12. The molecule has 0 rings (SSSR count). The maximum atomic E-state index is 8.88. The number of hydrogen-bond donors (Lipinski definition) is 2. The molecule has 0 aliphatic heterocycles. The number of rotatable bonds is 4. The fourth-order valence-electron chi connectivity index (χ4n) is 0.540. The Morgan fingerprint density at radius 2 is 1.45 bits per heavy atom. The average Bonchev–Trinajstić information content (AvgIpc) is 1.87. The lowest BCUT2D eigenvalue weighted by Gasteiger charge is -2.00. The Balaban J connectivity index is 3.84. The second-order valence-electron chi connectivity index (χ2n) is 2.00. The second kappa shape index (κ2) is 5.65. The number of aliphatic hydroxyl groups is 2. The van der Waals surface area contributed by atoms with Crippen molar-refractivity contribution in [2.75, 3.05) is 0 Å². The minimum atomic E-state index is -0.255. The highest BCUT2D eigenvalue weighted by molar-refractivity contribution is 4.88. The highest BCUT2D eigenvalue weighted by Gasteiger charge is 1.95. The predicted molar refractivity (Wildman–Crippen MR) is 43.1 cm³/mol. The van der Waals surface area contributed by atoms with Gasteiger partial charge in [-0.1, -0.05) is 13.8 Å². The molecule has 0 heterocycles. The standard InChI is InChI=1S/C8H14O3/c1-3-5-7(9)11-8(10)6-4-2/h5-6,9-10H,3-4H2,1-2H3. The largest absolute Gasteiger partial charge is 0.481 e. The van der Waals surface area contributed by atoms with E-state index in [1.54, 1.807) is 0 Å². The van der Waals surface area contributed by atoms with E-state index in [0.29, 0.717) is 12.8 Å². The van der Waals surface area contributed by atoms with Crippen molar-refractivity contribution >= 4 is 0 Å². The van der Waals surface area contributed by atoms with Gasteiger partial charge in [0, 0.05) is 0 Å². The van der Waals surface area contributed by atoms with Crippen LogP contribution in [0.15, 0.2) is 24.0 Å². The van der Waals surface area contributed by atoms with Gasteiger partial charge in [0.2, 0.25) is 0 Å². The van der Waals surface area contributed by atoms with Crippen molar-refractivity contribution in [2.24, 2.45) is 0 Å². The van der Waals surface area contributed by atoms with Crippen LogP contribution in [0.5, 0.6) is 0 Å². The molecular formula is C8H14O3. The van der Waals surface area contributed by atoms with Crippen molar-refractivity contribution in [1.82, 2.24) is 0 Å². The summed E-state index contributed by atoms with van der Waals surface area (Å²) in [5.74, 6) is -0.510. The minimum absolute atomic E-state index is 0.255. The van der Waals surface area contributed by atoms with E-state index in [4.69, 9.17) is 10.2 Å². The van der Waals surface area contributed by atoms with Gasteiger partial charge in [0.05, 0.1) is 0 Å². The first-order valence-corrected chi connectivity index (χ1v) is 3.66. The number of ether oxygens (including phenoxy) is 1. The highest BCUT2D eigenvalue weighted by atomic mass is 16.7. The molecule has 11 heavy (non-hydrogen) atoms. The van der Waals surface area contributed by atoms with Crippen LogP contribution in [0.2, 0.25) is 0 Å². The summed E-state index contributed by atoms with van der Waals surface area (Å²) < 4.78 is 4.56. The summed E-state index contributed by atoms with van der Waals surface area (Å²) in [6.45, 7) is 3.72. The lowest BCUT2D eigenvalue weighted by Crippen LogP contribution is -1.90. The molecule has 0 bridgehead atoms. The summed E-state index contributed by atoms with van der Waals surface area (Å²) >= 11 is 0. The fourth-order valence-corrected chi connectivity index (χ4v) is 0.540. The Morgan fingerprint density at radius 1 is 1.09 bits per heavy atom. The van der Waals surface area contributed by atoms with E-state index in [2.05, 4.69) is 4.74 Å². The van der Waals surface area contributed by atoms with E-state index in [-0.39, 0.29) is 11.9 Å².